The van der Waals surface area contributed by atoms with Crippen LogP contribution >= 0.6 is 0 Å². The van der Waals surface area contributed by atoms with E-state index in [1.54, 1.807) is 6.20 Å². The van der Waals surface area contributed by atoms with Crippen molar-refractivity contribution in [2.45, 2.75) is 13.0 Å². The number of hydrogen-bond donors (Lipinski definition) is 2. The third-order valence-corrected chi connectivity index (χ3v) is 2.75. The van der Waals surface area contributed by atoms with Crippen LogP contribution in [-0.4, -0.2) is 48.3 Å². The molecule has 92 valence electrons. The predicted octanol–water partition coefficient (Wildman–Crippen LogP) is -0.609. The lowest BCUT2D eigenvalue weighted by atomic mass is 10.1. The van der Waals surface area contributed by atoms with E-state index in [4.69, 9.17) is 0 Å². The van der Waals surface area contributed by atoms with Crippen LogP contribution in [0.15, 0.2) is 18.3 Å². The number of piperazine rings is 1. The molecule has 2 N–H and O–H groups in total. The Kier molecular flexibility index (Phi) is 3.87. The van der Waals surface area contributed by atoms with Gasteiger partial charge in [0.1, 0.15) is 6.04 Å². The zero-order chi connectivity index (χ0) is 12.1. The number of amides is 1. The van der Waals surface area contributed by atoms with Gasteiger partial charge in [-0.2, -0.15) is 5.10 Å². The monoisotopic (exact) mass is 235 g/mol. The molecule has 2 heterocycles. The predicted molar refractivity (Wildman–Crippen MR) is 64.7 cm³/mol. The van der Waals surface area contributed by atoms with Crippen molar-refractivity contribution in [3.8, 4) is 0 Å². The van der Waals surface area contributed by atoms with Gasteiger partial charge in [0, 0.05) is 32.4 Å². The van der Waals surface area contributed by atoms with E-state index in [0.717, 1.165) is 18.9 Å². The summed E-state index contributed by atoms with van der Waals surface area (Å²) in [5.74, 6) is 0.788. The second-order valence-corrected chi connectivity index (χ2v) is 3.89. The minimum absolute atomic E-state index is 0.0327. The summed E-state index contributed by atoms with van der Waals surface area (Å²) in [7, 11) is 0. The molecule has 1 atom stereocenters. The largest absolute Gasteiger partial charge is 0.355 e. The average Bonchev–Trinajstić information content (AvgIpc) is 2.40. The molecule has 1 unspecified atom stereocenters. The van der Waals surface area contributed by atoms with Crippen LogP contribution < -0.4 is 15.5 Å². The minimum atomic E-state index is -0.208. The summed E-state index contributed by atoms with van der Waals surface area (Å²) in [5.41, 5.74) is 0. The molecular formula is C11H17N5O. The lowest BCUT2D eigenvalue weighted by molar-refractivity contribution is -0.122. The Morgan fingerprint density at radius 1 is 1.71 bits per heavy atom. The first-order valence-electron chi connectivity index (χ1n) is 5.85. The number of hydrogen-bond acceptors (Lipinski definition) is 5. The summed E-state index contributed by atoms with van der Waals surface area (Å²) < 4.78 is 0. The Morgan fingerprint density at radius 3 is 3.29 bits per heavy atom. The Labute approximate surface area is 100 Å². The third-order valence-electron chi connectivity index (χ3n) is 2.75. The molecule has 0 saturated carbocycles. The fraction of sp³-hybridized carbons (Fsp3) is 0.545. The molecule has 0 aromatic carbocycles. The van der Waals surface area contributed by atoms with Gasteiger partial charge in [0.05, 0.1) is 0 Å². The molecule has 0 aliphatic carbocycles. The molecule has 2 rings (SSSR count). The van der Waals surface area contributed by atoms with Gasteiger partial charge in [-0.1, -0.05) is 0 Å². The molecule has 1 aromatic heterocycles. The number of likely N-dealkylation sites (N-methyl/N-ethyl adjacent to an activating group) is 1. The fourth-order valence-electron chi connectivity index (χ4n) is 1.95. The van der Waals surface area contributed by atoms with Gasteiger partial charge in [-0.15, -0.1) is 5.10 Å². The van der Waals surface area contributed by atoms with Gasteiger partial charge < -0.3 is 15.5 Å². The molecule has 1 aromatic rings. The van der Waals surface area contributed by atoms with Gasteiger partial charge in [-0.3, -0.25) is 4.79 Å². The Balaban J connectivity index is 2.15. The van der Waals surface area contributed by atoms with E-state index >= 15 is 0 Å². The first-order valence-corrected chi connectivity index (χ1v) is 5.85. The average molecular weight is 235 g/mol. The van der Waals surface area contributed by atoms with E-state index in [2.05, 4.69) is 20.8 Å². The Morgan fingerprint density at radius 2 is 2.59 bits per heavy atom. The lowest BCUT2D eigenvalue weighted by Gasteiger charge is -2.35. The van der Waals surface area contributed by atoms with Crippen molar-refractivity contribution in [1.82, 2.24) is 20.8 Å². The molecule has 0 radical (unpaired) electrons. The number of carbonyl (C=O) groups is 1. The summed E-state index contributed by atoms with van der Waals surface area (Å²) in [6.07, 6.45) is 1.63. The summed E-state index contributed by atoms with van der Waals surface area (Å²) in [5, 5.41) is 14.0. The van der Waals surface area contributed by atoms with Crippen LogP contribution in [0.1, 0.15) is 6.92 Å². The first-order chi connectivity index (χ1) is 8.33. The maximum Gasteiger partial charge on any atom is 0.244 e. The molecule has 1 saturated heterocycles. The van der Waals surface area contributed by atoms with Crippen LogP contribution in [0.3, 0.4) is 0 Å². The normalized spacial score (nSPS) is 20.1. The summed E-state index contributed by atoms with van der Waals surface area (Å²) >= 11 is 0. The van der Waals surface area contributed by atoms with Crippen molar-refractivity contribution in [3.63, 3.8) is 0 Å². The second kappa shape index (κ2) is 5.58. The minimum Gasteiger partial charge on any atom is -0.355 e. The Hall–Kier alpha value is -1.69. The van der Waals surface area contributed by atoms with Crippen molar-refractivity contribution in [1.29, 1.82) is 0 Å². The fourth-order valence-corrected chi connectivity index (χ4v) is 1.95. The van der Waals surface area contributed by atoms with E-state index in [1.807, 2.05) is 24.0 Å². The molecular weight excluding hydrogens is 218 g/mol. The van der Waals surface area contributed by atoms with E-state index in [1.165, 1.54) is 0 Å². The molecule has 1 amide bonds. The SMILES string of the molecule is CCNC(=O)C1CNCCN1c1cccnn1. The molecule has 1 aliphatic heterocycles. The van der Waals surface area contributed by atoms with Gasteiger partial charge in [-0.25, -0.2) is 0 Å². The smallest absolute Gasteiger partial charge is 0.244 e. The number of rotatable bonds is 3. The van der Waals surface area contributed by atoms with E-state index in [-0.39, 0.29) is 11.9 Å². The van der Waals surface area contributed by atoms with Gasteiger partial charge in [-0.05, 0) is 19.1 Å². The van der Waals surface area contributed by atoms with E-state index < -0.39 is 0 Å². The zero-order valence-electron chi connectivity index (χ0n) is 9.89. The van der Waals surface area contributed by atoms with Crippen molar-refractivity contribution in [3.05, 3.63) is 18.3 Å². The van der Waals surface area contributed by atoms with Crippen LogP contribution in [0.4, 0.5) is 5.82 Å². The highest BCUT2D eigenvalue weighted by atomic mass is 16.2. The van der Waals surface area contributed by atoms with Gasteiger partial charge in [0.25, 0.3) is 0 Å². The topological polar surface area (TPSA) is 70.2 Å². The Bertz CT molecular complexity index is 369. The van der Waals surface area contributed by atoms with Crippen molar-refractivity contribution >= 4 is 11.7 Å². The molecule has 6 nitrogen and oxygen atoms in total. The highest BCUT2D eigenvalue weighted by molar-refractivity contribution is 5.85. The lowest BCUT2D eigenvalue weighted by Crippen LogP contribution is -2.58. The summed E-state index contributed by atoms with van der Waals surface area (Å²) in [6, 6.07) is 3.50. The number of nitrogens with zero attached hydrogens (tertiary/aromatic N) is 3. The molecule has 1 fully saturated rings. The highest BCUT2D eigenvalue weighted by Crippen LogP contribution is 2.14. The highest BCUT2D eigenvalue weighted by Gasteiger charge is 2.29. The number of nitrogens with one attached hydrogen (secondary N) is 2. The van der Waals surface area contributed by atoms with Crippen molar-refractivity contribution < 1.29 is 4.79 Å². The van der Waals surface area contributed by atoms with Crippen LogP contribution in [0.5, 0.6) is 0 Å². The summed E-state index contributed by atoms with van der Waals surface area (Å²) in [6.45, 7) is 4.82. The molecule has 17 heavy (non-hydrogen) atoms. The standard InChI is InChI=1S/C11H17N5O/c1-2-13-11(17)9-8-12-6-7-16(9)10-4-3-5-14-15-10/h3-5,9,12H,2,6-8H2,1H3,(H,13,17). The van der Waals surface area contributed by atoms with Crippen LogP contribution in [0.25, 0.3) is 0 Å². The van der Waals surface area contributed by atoms with Crippen LogP contribution in [0, 0.1) is 0 Å². The zero-order valence-corrected chi connectivity index (χ0v) is 9.89. The van der Waals surface area contributed by atoms with Crippen molar-refractivity contribution in [2.75, 3.05) is 31.1 Å². The first kappa shape index (κ1) is 11.8. The summed E-state index contributed by atoms with van der Waals surface area (Å²) in [4.78, 5) is 13.9. The van der Waals surface area contributed by atoms with Gasteiger partial charge in [0.15, 0.2) is 5.82 Å². The van der Waals surface area contributed by atoms with E-state index in [0.29, 0.717) is 13.1 Å². The van der Waals surface area contributed by atoms with Gasteiger partial charge in [0.2, 0.25) is 5.91 Å². The maximum atomic E-state index is 11.9. The quantitative estimate of drug-likeness (QED) is 0.731. The van der Waals surface area contributed by atoms with E-state index in [9.17, 15) is 4.79 Å². The molecule has 1 aliphatic rings. The second-order valence-electron chi connectivity index (χ2n) is 3.89. The van der Waals surface area contributed by atoms with Crippen molar-refractivity contribution in [2.24, 2.45) is 0 Å². The third kappa shape index (κ3) is 2.71. The van der Waals surface area contributed by atoms with Crippen LogP contribution in [0.2, 0.25) is 0 Å². The number of aromatic nitrogens is 2. The van der Waals surface area contributed by atoms with Crippen LogP contribution in [-0.2, 0) is 4.79 Å². The molecule has 0 bridgehead atoms. The maximum absolute atomic E-state index is 11.9. The molecule has 0 spiro atoms. The number of carbonyl (C=O) groups excluding carboxylic acids is 1. The molecule has 6 heteroatoms. The number of anilines is 1. The van der Waals surface area contributed by atoms with Gasteiger partial charge >= 0.3 is 0 Å².